The molecule has 0 aliphatic heterocycles. The minimum atomic E-state index is -3.57. The summed E-state index contributed by atoms with van der Waals surface area (Å²) in [5.41, 5.74) is 4.44. The molecular formula is C28H27F2N7O2S. The molecule has 206 valence electrons. The summed E-state index contributed by atoms with van der Waals surface area (Å²) in [4.78, 5) is 6.63. The van der Waals surface area contributed by atoms with Crippen LogP contribution in [0.5, 0.6) is 0 Å². The molecule has 12 heteroatoms. The van der Waals surface area contributed by atoms with Crippen molar-refractivity contribution in [3.05, 3.63) is 78.8 Å². The standard InChI is InChI=1S/C28H27F2N7O2S/c1-35(2)9-10-36-16-27(32-34-36)18-3-8-28-26(13-18)31-17-37(28)22-12-19(24-7-4-20(29)14-25(24)30)11-21(15-22)33-40(38,39)23-5-6-23/h3-4,7-8,11-17,23,33H,5-6,9-10H2,1-2H3. The van der Waals surface area contributed by atoms with Gasteiger partial charge in [0, 0.05) is 29.4 Å². The topological polar surface area (TPSA) is 97.9 Å². The number of hydrogen-bond acceptors (Lipinski definition) is 6. The van der Waals surface area contributed by atoms with Gasteiger partial charge in [0.25, 0.3) is 0 Å². The second-order valence-electron chi connectivity index (χ2n) is 10.2. The lowest BCUT2D eigenvalue weighted by Gasteiger charge is -2.14. The molecule has 0 radical (unpaired) electrons. The van der Waals surface area contributed by atoms with E-state index in [1.807, 2.05) is 38.5 Å². The molecule has 1 N–H and O–H groups in total. The Kier molecular flexibility index (Phi) is 6.59. The van der Waals surface area contributed by atoms with Crippen LogP contribution >= 0.6 is 0 Å². The van der Waals surface area contributed by atoms with Gasteiger partial charge in [-0.1, -0.05) is 11.3 Å². The van der Waals surface area contributed by atoms with Gasteiger partial charge in [-0.2, -0.15) is 0 Å². The molecule has 3 aromatic carbocycles. The van der Waals surface area contributed by atoms with Gasteiger partial charge in [0.1, 0.15) is 23.7 Å². The Morgan fingerprint density at radius 1 is 1.02 bits per heavy atom. The second kappa shape index (κ2) is 10.1. The van der Waals surface area contributed by atoms with Gasteiger partial charge in [0.2, 0.25) is 10.0 Å². The zero-order valence-electron chi connectivity index (χ0n) is 21.9. The molecule has 0 spiro atoms. The lowest BCUT2D eigenvalue weighted by Crippen LogP contribution is -2.18. The van der Waals surface area contributed by atoms with Crippen LogP contribution in [0.4, 0.5) is 14.5 Å². The third kappa shape index (κ3) is 5.32. The Labute approximate surface area is 230 Å². The Morgan fingerprint density at radius 2 is 1.85 bits per heavy atom. The van der Waals surface area contributed by atoms with Crippen molar-refractivity contribution in [2.24, 2.45) is 0 Å². The van der Waals surface area contributed by atoms with Gasteiger partial charge < -0.3 is 4.90 Å². The third-order valence-corrected chi connectivity index (χ3v) is 8.69. The Bertz CT molecular complexity index is 1830. The lowest BCUT2D eigenvalue weighted by molar-refractivity contribution is 0.370. The predicted octanol–water partition coefficient (Wildman–Crippen LogP) is 4.69. The van der Waals surface area contributed by atoms with Crippen LogP contribution in [-0.2, 0) is 16.6 Å². The molecule has 2 heterocycles. The third-order valence-electron chi connectivity index (χ3n) is 6.82. The summed E-state index contributed by atoms with van der Waals surface area (Å²) in [5, 5.41) is 8.07. The monoisotopic (exact) mass is 563 g/mol. The van der Waals surface area contributed by atoms with E-state index in [0.717, 1.165) is 29.4 Å². The minimum absolute atomic E-state index is 0.152. The first kappa shape index (κ1) is 26.1. The highest BCUT2D eigenvalue weighted by atomic mass is 32.2. The van der Waals surface area contributed by atoms with E-state index in [1.165, 1.54) is 12.1 Å². The van der Waals surface area contributed by atoms with Gasteiger partial charge in [-0.15, -0.1) is 5.10 Å². The molecule has 0 bridgehead atoms. The fraction of sp³-hybridized carbons (Fsp3) is 0.250. The van der Waals surface area contributed by atoms with Crippen molar-refractivity contribution >= 4 is 26.7 Å². The van der Waals surface area contributed by atoms with Gasteiger partial charge in [-0.05, 0) is 75.0 Å². The van der Waals surface area contributed by atoms with E-state index in [-0.39, 0.29) is 11.3 Å². The molecule has 5 aromatic rings. The number of likely N-dealkylation sites (N-methyl/N-ethyl adjacent to an activating group) is 1. The van der Waals surface area contributed by atoms with Crippen LogP contribution < -0.4 is 4.72 Å². The van der Waals surface area contributed by atoms with Crippen molar-refractivity contribution in [2.45, 2.75) is 24.6 Å². The molecule has 0 unspecified atom stereocenters. The number of sulfonamides is 1. The van der Waals surface area contributed by atoms with E-state index in [4.69, 9.17) is 0 Å². The quantitative estimate of drug-likeness (QED) is 0.279. The molecule has 0 saturated heterocycles. The zero-order chi connectivity index (χ0) is 28.0. The Balaban J connectivity index is 1.39. The maximum atomic E-state index is 14.8. The molecule has 6 rings (SSSR count). The van der Waals surface area contributed by atoms with E-state index < -0.39 is 26.9 Å². The summed E-state index contributed by atoms with van der Waals surface area (Å²) in [7, 11) is 0.424. The SMILES string of the molecule is CN(C)CCn1cc(-c2ccc3c(c2)ncn3-c2cc(NS(=O)(=O)C3CC3)cc(-c3ccc(F)cc3F)c2)nn1. The largest absolute Gasteiger partial charge is 0.308 e. The van der Waals surface area contributed by atoms with Gasteiger partial charge in [0.15, 0.2) is 0 Å². The lowest BCUT2D eigenvalue weighted by atomic mass is 10.0. The summed E-state index contributed by atoms with van der Waals surface area (Å²) in [6.07, 6.45) is 4.72. The Hall–Kier alpha value is -4.16. The van der Waals surface area contributed by atoms with Crippen LogP contribution in [0.1, 0.15) is 12.8 Å². The highest BCUT2D eigenvalue weighted by Crippen LogP contribution is 2.34. The van der Waals surface area contributed by atoms with Crippen molar-refractivity contribution in [2.75, 3.05) is 25.4 Å². The second-order valence-corrected chi connectivity index (χ2v) is 12.2. The Morgan fingerprint density at radius 3 is 2.60 bits per heavy atom. The van der Waals surface area contributed by atoms with Gasteiger partial charge in [0.05, 0.1) is 34.7 Å². The van der Waals surface area contributed by atoms with Crippen LogP contribution in [0.2, 0.25) is 0 Å². The van der Waals surface area contributed by atoms with Crippen molar-refractivity contribution < 1.29 is 17.2 Å². The van der Waals surface area contributed by atoms with Crippen LogP contribution in [0.25, 0.3) is 39.1 Å². The average molecular weight is 564 g/mol. The molecule has 9 nitrogen and oxygen atoms in total. The molecule has 1 fully saturated rings. The maximum absolute atomic E-state index is 14.8. The van der Waals surface area contributed by atoms with Crippen molar-refractivity contribution in [1.82, 2.24) is 29.4 Å². The smallest absolute Gasteiger partial charge is 0.235 e. The van der Waals surface area contributed by atoms with Gasteiger partial charge in [-0.25, -0.2) is 22.2 Å². The van der Waals surface area contributed by atoms with Gasteiger partial charge >= 0.3 is 0 Å². The number of fused-ring (bicyclic) bond motifs is 1. The van der Waals surface area contributed by atoms with Crippen molar-refractivity contribution in [1.29, 1.82) is 0 Å². The molecule has 0 amide bonds. The fourth-order valence-corrected chi connectivity index (χ4v) is 5.90. The maximum Gasteiger partial charge on any atom is 0.235 e. The summed E-state index contributed by atoms with van der Waals surface area (Å²) in [5.74, 6) is -1.44. The van der Waals surface area contributed by atoms with Crippen molar-refractivity contribution in [3.63, 3.8) is 0 Å². The summed E-state index contributed by atoms with van der Waals surface area (Å²) in [6.45, 7) is 1.56. The number of nitrogens with one attached hydrogen (secondary N) is 1. The summed E-state index contributed by atoms with van der Waals surface area (Å²) >= 11 is 0. The summed E-state index contributed by atoms with van der Waals surface area (Å²) < 4.78 is 60.0. The van der Waals surface area contributed by atoms with E-state index in [9.17, 15) is 17.2 Å². The molecule has 40 heavy (non-hydrogen) atoms. The molecule has 0 atom stereocenters. The average Bonchev–Trinajstić information content (AvgIpc) is 3.53. The van der Waals surface area contributed by atoms with E-state index in [0.29, 0.717) is 36.2 Å². The number of hydrogen-bond donors (Lipinski definition) is 1. The predicted molar refractivity (Wildman–Crippen MR) is 150 cm³/mol. The number of anilines is 1. The van der Waals surface area contributed by atoms with E-state index in [1.54, 1.807) is 33.8 Å². The van der Waals surface area contributed by atoms with Gasteiger partial charge in [-0.3, -0.25) is 14.0 Å². The molecule has 1 aliphatic carbocycles. The number of imidazole rings is 1. The highest BCUT2D eigenvalue weighted by Gasteiger charge is 2.35. The zero-order valence-corrected chi connectivity index (χ0v) is 22.7. The fourth-order valence-electron chi connectivity index (χ4n) is 4.53. The molecule has 1 saturated carbocycles. The number of nitrogens with zero attached hydrogens (tertiary/aromatic N) is 6. The number of rotatable bonds is 9. The van der Waals surface area contributed by atoms with Crippen LogP contribution in [0.3, 0.4) is 0 Å². The van der Waals surface area contributed by atoms with Crippen molar-refractivity contribution in [3.8, 4) is 28.1 Å². The summed E-state index contributed by atoms with van der Waals surface area (Å²) in [6, 6.07) is 14.0. The number of benzene rings is 3. The first-order valence-electron chi connectivity index (χ1n) is 12.8. The molecule has 1 aliphatic rings. The van der Waals surface area contributed by atoms with E-state index in [2.05, 4.69) is 24.9 Å². The van der Waals surface area contributed by atoms with Crippen LogP contribution in [0.15, 0.2) is 67.1 Å². The minimum Gasteiger partial charge on any atom is -0.308 e. The number of halogens is 2. The molecular weight excluding hydrogens is 536 g/mol. The first-order chi connectivity index (χ1) is 19.2. The highest BCUT2D eigenvalue weighted by molar-refractivity contribution is 7.93. The normalized spacial score (nSPS) is 13.8. The van der Waals surface area contributed by atoms with Crippen LogP contribution in [-0.4, -0.2) is 63.8 Å². The van der Waals surface area contributed by atoms with E-state index >= 15 is 0 Å². The first-order valence-corrected chi connectivity index (χ1v) is 14.4. The number of aromatic nitrogens is 5. The van der Waals surface area contributed by atoms with Crippen LogP contribution in [0, 0.1) is 11.6 Å². The molecule has 2 aromatic heterocycles.